The number of carbonyl (C=O) groups is 4. The highest BCUT2D eigenvalue weighted by atomic mass is 19.4. The molecular formula is C34H34F4N4O6. The Morgan fingerprint density at radius 1 is 0.812 bits per heavy atom. The number of alkyl halides is 3. The maximum absolute atomic E-state index is 14.8. The molecule has 3 aromatic carbocycles. The second-order valence-electron chi connectivity index (χ2n) is 11.8. The van der Waals surface area contributed by atoms with Gasteiger partial charge in [-0.15, -0.1) is 0 Å². The van der Waals surface area contributed by atoms with Gasteiger partial charge in [-0.25, -0.2) is 9.18 Å². The molecule has 14 heteroatoms. The molecule has 0 bridgehead atoms. The van der Waals surface area contributed by atoms with Crippen LogP contribution < -0.4 is 25.0 Å². The summed E-state index contributed by atoms with van der Waals surface area (Å²) in [6.07, 6.45) is -2.29. The van der Waals surface area contributed by atoms with Crippen molar-refractivity contribution in [3.05, 3.63) is 77.1 Å². The summed E-state index contributed by atoms with van der Waals surface area (Å²) < 4.78 is 65.2. The zero-order valence-electron chi connectivity index (χ0n) is 26.3. The van der Waals surface area contributed by atoms with Crippen molar-refractivity contribution in [2.45, 2.75) is 44.9 Å². The molecule has 10 nitrogen and oxygen atoms in total. The topological polar surface area (TPSA) is 117 Å². The fourth-order valence-corrected chi connectivity index (χ4v) is 5.55. The van der Waals surface area contributed by atoms with E-state index in [1.165, 1.54) is 37.3 Å². The van der Waals surface area contributed by atoms with Crippen molar-refractivity contribution in [3.63, 3.8) is 0 Å². The summed E-state index contributed by atoms with van der Waals surface area (Å²) in [4.78, 5) is 55.1. The monoisotopic (exact) mass is 670 g/mol. The van der Waals surface area contributed by atoms with Crippen LogP contribution in [0.5, 0.6) is 11.5 Å². The van der Waals surface area contributed by atoms with Crippen LogP contribution in [0.25, 0.3) is 0 Å². The summed E-state index contributed by atoms with van der Waals surface area (Å²) in [6.45, 7) is 4.54. The number of nitrogens with one attached hydrogen (secondary N) is 2. The van der Waals surface area contributed by atoms with Crippen LogP contribution in [-0.2, 0) is 4.79 Å². The minimum atomic E-state index is -5.46. The minimum Gasteiger partial charge on any atom is -0.489 e. The van der Waals surface area contributed by atoms with E-state index in [1.807, 2.05) is 7.05 Å². The maximum atomic E-state index is 14.8. The Bertz CT molecular complexity index is 1700. The van der Waals surface area contributed by atoms with Gasteiger partial charge in [0.05, 0.1) is 16.8 Å². The highest BCUT2D eigenvalue weighted by Gasteiger charge is 2.42. The number of ketones is 1. The van der Waals surface area contributed by atoms with Crippen molar-refractivity contribution >= 4 is 40.6 Å². The number of amides is 2. The van der Waals surface area contributed by atoms with E-state index in [0.29, 0.717) is 30.5 Å². The highest BCUT2D eigenvalue weighted by Crippen LogP contribution is 2.36. The average Bonchev–Trinajstić information content (AvgIpc) is 3.58. The van der Waals surface area contributed by atoms with E-state index in [9.17, 15) is 36.7 Å². The predicted molar refractivity (Wildman–Crippen MR) is 169 cm³/mol. The number of benzene rings is 3. The number of rotatable bonds is 9. The van der Waals surface area contributed by atoms with Gasteiger partial charge in [0.15, 0.2) is 11.5 Å². The SMILES string of the molecule is CC(=O)c1ccc(NC(=O)c2cc(F)cc(OC(=O)C(F)(F)F)c2NC(=O)c2ccc(N3CCCC3)cc2OC2CCN(C)CC2)cc1. The first-order valence-corrected chi connectivity index (χ1v) is 15.4. The van der Waals surface area contributed by atoms with Crippen LogP contribution >= 0.6 is 0 Å². The lowest BCUT2D eigenvalue weighted by Crippen LogP contribution is -2.36. The van der Waals surface area contributed by atoms with Crippen molar-refractivity contribution in [3.8, 4) is 11.5 Å². The number of likely N-dealkylation sites (tertiary alicyclic amines) is 1. The van der Waals surface area contributed by atoms with Gasteiger partial charge in [-0.3, -0.25) is 14.4 Å². The third-order valence-corrected chi connectivity index (χ3v) is 8.17. The van der Waals surface area contributed by atoms with Crippen molar-refractivity contribution in [1.82, 2.24) is 4.90 Å². The summed E-state index contributed by atoms with van der Waals surface area (Å²) in [5, 5.41) is 4.84. The molecule has 2 aliphatic heterocycles. The van der Waals surface area contributed by atoms with Crippen LogP contribution in [-0.4, -0.2) is 74.0 Å². The van der Waals surface area contributed by atoms with Gasteiger partial charge in [0.25, 0.3) is 11.8 Å². The summed E-state index contributed by atoms with van der Waals surface area (Å²) >= 11 is 0. The van der Waals surface area contributed by atoms with E-state index < -0.39 is 46.8 Å². The molecule has 0 radical (unpaired) electrons. The number of piperidine rings is 1. The Labute approximate surface area is 274 Å². The van der Waals surface area contributed by atoms with Crippen LogP contribution in [0.2, 0.25) is 0 Å². The Morgan fingerprint density at radius 2 is 1.46 bits per heavy atom. The smallest absolute Gasteiger partial charge is 0.489 e. The van der Waals surface area contributed by atoms with Crippen molar-refractivity contribution in [2.24, 2.45) is 0 Å². The van der Waals surface area contributed by atoms with E-state index in [0.717, 1.165) is 44.7 Å². The van der Waals surface area contributed by atoms with Crippen LogP contribution in [0.1, 0.15) is 63.7 Å². The number of hydrogen-bond acceptors (Lipinski definition) is 8. The third-order valence-electron chi connectivity index (χ3n) is 8.17. The minimum absolute atomic E-state index is 0.000442. The Balaban J connectivity index is 1.51. The zero-order valence-corrected chi connectivity index (χ0v) is 26.3. The summed E-state index contributed by atoms with van der Waals surface area (Å²) in [5.41, 5.74) is 0.0276. The van der Waals surface area contributed by atoms with Crippen molar-refractivity contribution in [2.75, 3.05) is 48.8 Å². The van der Waals surface area contributed by atoms with E-state index in [2.05, 4.69) is 25.2 Å². The van der Waals surface area contributed by atoms with Crippen LogP contribution in [0, 0.1) is 5.82 Å². The molecule has 0 aromatic heterocycles. The molecule has 0 atom stereocenters. The summed E-state index contributed by atoms with van der Waals surface area (Å²) in [6, 6.07) is 11.8. The maximum Gasteiger partial charge on any atom is 0.491 e. The van der Waals surface area contributed by atoms with Gasteiger partial charge >= 0.3 is 12.1 Å². The van der Waals surface area contributed by atoms with Crippen LogP contribution in [0.3, 0.4) is 0 Å². The molecule has 2 aliphatic rings. The molecule has 2 heterocycles. The highest BCUT2D eigenvalue weighted by molar-refractivity contribution is 6.14. The molecule has 2 fully saturated rings. The number of ether oxygens (including phenoxy) is 2. The first kappa shape index (κ1) is 34.4. The molecular weight excluding hydrogens is 636 g/mol. The molecule has 254 valence electrons. The molecule has 0 aliphatic carbocycles. The van der Waals surface area contributed by atoms with Gasteiger partial charge in [-0.2, -0.15) is 13.2 Å². The lowest BCUT2D eigenvalue weighted by molar-refractivity contribution is -0.189. The zero-order chi connectivity index (χ0) is 34.6. The molecule has 0 unspecified atom stereocenters. The van der Waals surface area contributed by atoms with Gasteiger partial charge in [0.2, 0.25) is 0 Å². The predicted octanol–water partition coefficient (Wildman–Crippen LogP) is 6.07. The van der Waals surface area contributed by atoms with Crippen LogP contribution in [0.4, 0.5) is 34.6 Å². The van der Waals surface area contributed by atoms with Crippen molar-refractivity contribution in [1.29, 1.82) is 0 Å². The number of hydrogen-bond donors (Lipinski definition) is 2. The molecule has 48 heavy (non-hydrogen) atoms. The third kappa shape index (κ3) is 8.29. The number of nitrogens with zero attached hydrogens (tertiary/aromatic N) is 2. The van der Waals surface area contributed by atoms with Gasteiger partial charge < -0.3 is 29.9 Å². The van der Waals surface area contributed by atoms with E-state index >= 15 is 0 Å². The van der Waals surface area contributed by atoms with E-state index in [-0.39, 0.29) is 28.9 Å². The Hall–Kier alpha value is -4.98. The molecule has 0 spiro atoms. The molecule has 5 rings (SSSR count). The first-order valence-electron chi connectivity index (χ1n) is 15.4. The fraction of sp³-hybridized carbons (Fsp3) is 0.353. The van der Waals surface area contributed by atoms with Gasteiger partial charge in [0.1, 0.15) is 17.7 Å². The molecule has 0 saturated carbocycles. The Morgan fingerprint density at radius 3 is 2.08 bits per heavy atom. The van der Waals surface area contributed by atoms with Gasteiger partial charge in [0, 0.05) is 55.2 Å². The number of esters is 1. The van der Waals surface area contributed by atoms with Crippen LogP contribution in [0.15, 0.2) is 54.6 Å². The van der Waals surface area contributed by atoms with E-state index in [1.54, 1.807) is 12.1 Å². The van der Waals surface area contributed by atoms with E-state index in [4.69, 9.17) is 4.74 Å². The largest absolute Gasteiger partial charge is 0.491 e. The fourth-order valence-electron chi connectivity index (χ4n) is 5.55. The normalized spacial score (nSPS) is 15.6. The summed E-state index contributed by atoms with van der Waals surface area (Å²) in [5.74, 6) is -6.88. The molecule has 2 saturated heterocycles. The van der Waals surface area contributed by atoms with Gasteiger partial charge in [-0.05, 0) is 82.1 Å². The molecule has 2 N–H and O–H groups in total. The average molecular weight is 671 g/mol. The number of carbonyl (C=O) groups excluding carboxylic acids is 4. The number of halogens is 4. The number of Topliss-reactive ketones (excluding diaryl/α,β-unsaturated/α-hetero) is 1. The first-order chi connectivity index (χ1) is 22.8. The second-order valence-corrected chi connectivity index (χ2v) is 11.8. The van der Waals surface area contributed by atoms with Gasteiger partial charge in [-0.1, -0.05) is 0 Å². The quantitative estimate of drug-likeness (QED) is 0.122. The van der Waals surface area contributed by atoms with Crippen molar-refractivity contribution < 1.29 is 46.2 Å². The summed E-state index contributed by atoms with van der Waals surface area (Å²) in [7, 11) is 1.99. The Kier molecular flexibility index (Phi) is 10.3. The molecule has 2 amide bonds. The molecule has 3 aromatic rings. The second kappa shape index (κ2) is 14.4. The standard InChI is InChI=1S/C34H34F4N4O6/c1-20(43)21-5-7-23(8-6-21)39-32(45)27-17-22(35)18-29(48-33(46)34(36,37)38)30(27)40-31(44)26-10-9-24(42-13-3-4-14-42)19-28(26)47-25-11-15-41(2)16-12-25/h5-10,17-19,25H,3-4,11-16H2,1-2H3,(H,39,45)(H,40,44). The lowest BCUT2D eigenvalue weighted by Gasteiger charge is -2.30. The lowest BCUT2D eigenvalue weighted by atomic mass is 10.1. The number of anilines is 3.